The molecule has 0 radical (unpaired) electrons. The van der Waals surface area contributed by atoms with Crippen molar-refractivity contribution in [1.82, 2.24) is 4.90 Å². The van der Waals surface area contributed by atoms with Crippen molar-refractivity contribution >= 4 is 51.6 Å². The number of methoxy groups -OCH3 is 1. The molecule has 0 saturated carbocycles. The number of ether oxygens (including phenoxy) is 2. The number of carbonyl (C=O) groups excluding carboxylic acids is 3. The first-order valence-corrected chi connectivity index (χ1v) is 11.6. The molecule has 0 unspecified atom stereocenters. The predicted molar refractivity (Wildman–Crippen MR) is 130 cm³/mol. The second kappa shape index (κ2) is 9.32. The van der Waals surface area contributed by atoms with Gasteiger partial charge in [0.2, 0.25) is 5.91 Å². The maximum atomic E-state index is 13.5. The molecule has 1 fully saturated rings. The van der Waals surface area contributed by atoms with Crippen molar-refractivity contribution in [2.24, 2.45) is 4.99 Å². The highest BCUT2D eigenvalue weighted by Crippen LogP contribution is 2.43. The van der Waals surface area contributed by atoms with Gasteiger partial charge in [-0.1, -0.05) is 18.2 Å². The van der Waals surface area contributed by atoms with Crippen molar-refractivity contribution < 1.29 is 23.9 Å². The van der Waals surface area contributed by atoms with Gasteiger partial charge in [0.25, 0.3) is 11.8 Å². The number of nitrogens with zero attached hydrogens (tertiary/aromatic N) is 3. The number of para-hydroxylation sites is 1. The van der Waals surface area contributed by atoms with Crippen LogP contribution in [0.3, 0.4) is 0 Å². The quantitative estimate of drug-likeness (QED) is 0.674. The van der Waals surface area contributed by atoms with E-state index < -0.39 is 5.91 Å². The van der Waals surface area contributed by atoms with Gasteiger partial charge < -0.3 is 19.7 Å². The van der Waals surface area contributed by atoms with E-state index in [9.17, 15) is 14.4 Å². The molecule has 0 aromatic heterocycles. The number of nitrogens with one attached hydrogen (secondary N) is 1. The summed E-state index contributed by atoms with van der Waals surface area (Å²) in [6, 6.07) is 14.1. The van der Waals surface area contributed by atoms with Crippen molar-refractivity contribution in [3.8, 4) is 5.75 Å². The Bertz CT molecular complexity index is 1220. The number of amidine groups is 1. The number of hydrogen-bond donors (Lipinski definition) is 1. The first kappa shape index (κ1) is 22.2. The van der Waals surface area contributed by atoms with Gasteiger partial charge >= 0.3 is 0 Å². The van der Waals surface area contributed by atoms with Crippen LogP contribution in [0.4, 0.5) is 11.4 Å². The monoisotopic (exact) mass is 478 g/mol. The van der Waals surface area contributed by atoms with Gasteiger partial charge in [0, 0.05) is 24.3 Å². The third-order valence-corrected chi connectivity index (χ3v) is 6.81. The van der Waals surface area contributed by atoms with E-state index in [1.54, 1.807) is 55.6 Å². The lowest BCUT2D eigenvalue weighted by atomic mass is 10.1. The highest BCUT2D eigenvalue weighted by atomic mass is 32.2. The van der Waals surface area contributed by atoms with Crippen molar-refractivity contribution in [3.05, 3.63) is 59.0 Å². The van der Waals surface area contributed by atoms with Crippen LogP contribution in [0, 0.1) is 0 Å². The summed E-state index contributed by atoms with van der Waals surface area (Å²) in [6.45, 7) is 2.24. The van der Waals surface area contributed by atoms with E-state index in [4.69, 9.17) is 9.47 Å². The summed E-state index contributed by atoms with van der Waals surface area (Å²) in [5.41, 5.74) is 2.09. The van der Waals surface area contributed by atoms with Crippen LogP contribution in [0.15, 0.2) is 58.4 Å². The van der Waals surface area contributed by atoms with Gasteiger partial charge in [-0.25, -0.2) is 0 Å². The zero-order valence-electron chi connectivity index (χ0n) is 18.4. The maximum absolute atomic E-state index is 13.5. The minimum Gasteiger partial charge on any atom is -0.497 e. The van der Waals surface area contributed by atoms with E-state index in [1.165, 1.54) is 16.7 Å². The molecule has 0 atom stereocenters. The molecule has 0 bridgehead atoms. The van der Waals surface area contributed by atoms with E-state index >= 15 is 0 Å². The van der Waals surface area contributed by atoms with Gasteiger partial charge in [-0.05, 0) is 42.1 Å². The Labute approximate surface area is 200 Å². The Kier molecular flexibility index (Phi) is 6.08. The first-order chi connectivity index (χ1) is 16.5. The number of aliphatic imine (C=N–C) groups is 1. The smallest absolute Gasteiger partial charge is 0.287 e. The fourth-order valence-electron chi connectivity index (χ4n) is 4.02. The molecule has 1 saturated heterocycles. The van der Waals surface area contributed by atoms with E-state index in [2.05, 4.69) is 10.3 Å². The van der Waals surface area contributed by atoms with Gasteiger partial charge in [-0.3, -0.25) is 19.3 Å². The number of hydrogen-bond acceptors (Lipinski definition) is 7. The van der Waals surface area contributed by atoms with Crippen LogP contribution >= 0.6 is 11.8 Å². The second-order valence-electron chi connectivity index (χ2n) is 7.79. The molecule has 0 spiro atoms. The average molecular weight is 479 g/mol. The first-order valence-electron chi connectivity index (χ1n) is 10.8. The Hall–Kier alpha value is -3.63. The van der Waals surface area contributed by atoms with Crippen LogP contribution in [-0.2, 0) is 19.1 Å². The third kappa shape index (κ3) is 4.17. The van der Waals surface area contributed by atoms with Crippen molar-refractivity contribution in [2.45, 2.75) is 0 Å². The van der Waals surface area contributed by atoms with E-state index in [1.807, 2.05) is 4.90 Å². The third-order valence-electron chi connectivity index (χ3n) is 5.69. The predicted octanol–water partition coefficient (Wildman–Crippen LogP) is 2.35. The number of rotatable bonds is 4. The van der Waals surface area contributed by atoms with Crippen LogP contribution in [0.25, 0.3) is 5.57 Å². The summed E-state index contributed by atoms with van der Waals surface area (Å²) in [5, 5.41) is 3.38. The zero-order chi connectivity index (χ0) is 23.7. The number of fused-ring (bicyclic) bond motifs is 1. The molecule has 10 heteroatoms. The number of thioether (sulfide) groups is 1. The summed E-state index contributed by atoms with van der Waals surface area (Å²) in [6.07, 6.45) is 0. The largest absolute Gasteiger partial charge is 0.497 e. The van der Waals surface area contributed by atoms with E-state index in [-0.39, 0.29) is 28.8 Å². The topological polar surface area (TPSA) is 101 Å². The Balaban J connectivity index is 1.38. The van der Waals surface area contributed by atoms with Gasteiger partial charge in [0.05, 0.1) is 36.5 Å². The van der Waals surface area contributed by atoms with Gasteiger partial charge in [-0.2, -0.15) is 4.99 Å². The molecule has 3 aliphatic rings. The van der Waals surface area contributed by atoms with Crippen molar-refractivity contribution in [3.63, 3.8) is 0 Å². The molecule has 174 valence electrons. The fraction of sp³-hybridized carbons (Fsp3) is 0.250. The average Bonchev–Trinajstić information content (AvgIpc) is 3.37. The lowest BCUT2D eigenvalue weighted by Gasteiger charge is -2.27. The molecule has 2 aromatic carbocycles. The highest BCUT2D eigenvalue weighted by molar-refractivity contribution is 8.18. The van der Waals surface area contributed by atoms with Crippen LogP contribution in [0.2, 0.25) is 0 Å². The second-order valence-corrected chi connectivity index (χ2v) is 8.77. The molecular weight excluding hydrogens is 456 g/mol. The SMILES string of the molecule is COc1ccc(NC(=O)CN2C(=O)/C(=C3\SC(N4CCOCC4)=NC3=O)c3ccccc32)cc1. The molecule has 3 heterocycles. The number of morpholine rings is 1. The number of benzene rings is 2. The van der Waals surface area contributed by atoms with E-state index in [0.29, 0.717) is 54.2 Å². The Morgan fingerprint density at radius 3 is 2.59 bits per heavy atom. The highest BCUT2D eigenvalue weighted by Gasteiger charge is 2.40. The number of anilines is 2. The van der Waals surface area contributed by atoms with Gasteiger partial charge in [0.15, 0.2) is 5.17 Å². The van der Waals surface area contributed by atoms with Gasteiger partial charge in [0.1, 0.15) is 12.3 Å². The Morgan fingerprint density at radius 2 is 1.85 bits per heavy atom. The van der Waals surface area contributed by atoms with Crippen molar-refractivity contribution in [1.29, 1.82) is 0 Å². The van der Waals surface area contributed by atoms with Crippen LogP contribution in [0.5, 0.6) is 5.75 Å². The summed E-state index contributed by atoms with van der Waals surface area (Å²) in [7, 11) is 1.57. The normalized spacial score (nSPS) is 19.9. The molecular formula is C24H22N4O5S. The molecule has 34 heavy (non-hydrogen) atoms. The molecule has 5 rings (SSSR count). The molecule has 9 nitrogen and oxygen atoms in total. The summed E-state index contributed by atoms with van der Waals surface area (Å²) < 4.78 is 10.5. The molecule has 3 amide bonds. The number of amides is 3. The number of carbonyl (C=O) groups is 3. The molecule has 1 N–H and O–H groups in total. The van der Waals surface area contributed by atoms with Crippen LogP contribution < -0.4 is 15.0 Å². The van der Waals surface area contributed by atoms with Gasteiger partial charge in [-0.15, -0.1) is 0 Å². The van der Waals surface area contributed by atoms with Crippen molar-refractivity contribution in [2.75, 3.05) is 50.2 Å². The molecule has 2 aromatic rings. The molecule has 3 aliphatic heterocycles. The minimum atomic E-state index is -0.436. The lowest BCUT2D eigenvalue weighted by Crippen LogP contribution is -2.38. The zero-order valence-corrected chi connectivity index (χ0v) is 19.3. The minimum absolute atomic E-state index is 0.186. The molecule has 0 aliphatic carbocycles. The van der Waals surface area contributed by atoms with Crippen LogP contribution in [0.1, 0.15) is 5.56 Å². The van der Waals surface area contributed by atoms with E-state index in [0.717, 1.165) is 0 Å². The lowest BCUT2D eigenvalue weighted by molar-refractivity contribution is -0.118. The summed E-state index contributed by atoms with van der Waals surface area (Å²) in [5.74, 6) is -0.500. The Morgan fingerprint density at radius 1 is 1.12 bits per heavy atom. The fourth-order valence-corrected chi connectivity index (χ4v) is 5.07. The summed E-state index contributed by atoms with van der Waals surface area (Å²) >= 11 is 1.21. The van der Waals surface area contributed by atoms with Crippen LogP contribution in [-0.4, -0.2) is 67.7 Å². The maximum Gasteiger partial charge on any atom is 0.287 e. The summed E-state index contributed by atoms with van der Waals surface area (Å²) in [4.78, 5) is 46.9. The standard InChI is InChI=1S/C24H22N4O5S/c1-32-16-8-6-15(7-9-16)25-19(29)14-28-18-5-3-2-4-17(18)20(23(28)31)21-22(30)26-24(34-21)27-10-12-33-13-11-27/h2-9H,10-14H2,1H3,(H,25,29)/b21-20-.